The minimum atomic E-state index is -0.194. The Hall–Kier alpha value is -6.39. The van der Waals surface area contributed by atoms with Gasteiger partial charge in [-0.15, -0.1) is 0 Å². The lowest BCUT2D eigenvalue weighted by atomic mass is 10.0. The molecule has 0 fully saturated rings. The lowest BCUT2D eigenvalue weighted by molar-refractivity contribution is 0.664. The third-order valence-corrected chi connectivity index (χ3v) is 9.71. The lowest BCUT2D eigenvalue weighted by Crippen LogP contribution is -2.24. The fourth-order valence-electron chi connectivity index (χ4n) is 7.52. The molecule has 1 atom stereocenters. The zero-order valence-electron chi connectivity index (χ0n) is 26.1. The molecule has 7 aromatic carbocycles. The molecule has 0 radical (unpaired) electrons. The van der Waals surface area contributed by atoms with Gasteiger partial charge in [-0.2, -0.15) is 0 Å². The largest absolute Gasteiger partial charge is 0.360 e. The molecule has 2 aromatic heterocycles. The van der Waals surface area contributed by atoms with Gasteiger partial charge in [0, 0.05) is 45.0 Å². The number of fused-ring (bicyclic) bond motifs is 2. The highest BCUT2D eigenvalue weighted by Gasteiger charge is 2.23. The maximum atomic E-state index is 5.28. The monoisotopic (exact) mass is 614 g/mol. The molecule has 226 valence electrons. The van der Waals surface area contributed by atoms with Crippen LogP contribution in [0.15, 0.2) is 175 Å². The average Bonchev–Trinajstić information content (AvgIpc) is 3.75. The van der Waals surface area contributed by atoms with Crippen LogP contribution in [-0.2, 0) is 0 Å². The molecule has 48 heavy (non-hydrogen) atoms. The van der Waals surface area contributed by atoms with E-state index in [1.165, 1.54) is 43.5 Å². The van der Waals surface area contributed by atoms with Gasteiger partial charge in [0.15, 0.2) is 0 Å². The second-order valence-corrected chi connectivity index (χ2v) is 12.5. The first-order valence-electron chi connectivity index (χ1n) is 16.4. The average molecular weight is 615 g/mol. The van der Waals surface area contributed by atoms with Crippen LogP contribution >= 0.6 is 0 Å². The molecular weight excluding hydrogens is 585 g/mol. The predicted octanol–water partition coefficient (Wildman–Crippen LogP) is 10.5. The molecule has 1 unspecified atom stereocenters. The first-order chi connectivity index (χ1) is 23.8. The minimum Gasteiger partial charge on any atom is -0.360 e. The summed E-state index contributed by atoms with van der Waals surface area (Å²) in [6.45, 7) is 0. The van der Waals surface area contributed by atoms with Crippen LogP contribution in [0.2, 0.25) is 0 Å². The van der Waals surface area contributed by atoms with E-state index in [-0.39, 0.29) is 6.17 Å². The summed E-state index contributed by atoms with van der Waals surface area (Å²) in [7, 11) is 0. The van der Waals surface area contributed by atoms with E-state index in [4.69, 9.17) is 4.99 Å². The van der Waals surface area contributed by atoms with Gasteiger partial charge in [0.25, 0.3) is 0 Å². The zero-order valence-corrected chi connectivity index (χ0v) is 26.1. The molecule has 1 aliphatic rings. The molecule has 0 amide bonds. The molecule has 0 aliphatic carbocycles. The zero-order chi connectivity index (χ0) is 31.6. The van der Waals surface area contributed by atoms with Crippen molar-refractivity contribution >= 4 is 54.9 Å². The Morgan fingerprint density at radius 2 is 1.25 bits per heavy atom. The number of benzene rings is 7. The number of aromatic nitrogens is 2. The Kier molecular flexibility index (Phi) is 5.90. The van der Waals surface area contributed by atoms with Crippen LogP contribution < -0.4 is 5.32 Å². The van der Waals surface area contributed by atoms with Crippen LogP contribution in [0.25, 0.3) is 60.6 Å². The third kappa shape index (κ3) is 4.13. The fourth-order valence-corrected chi connectivity index (χ4v) is 7.52. The molecule has 0 bridgehead atoms. The summed E-state index contributed by atoms with van der Waals surface area (Å²) in [5, 5.41) is 10.0. The topological polar surface area (TPSA) is 34.2 Å². The molecule has 9 aromatic rings. The maximum absolute atomic E-state index is 5.28. The molecule has 0 saturated carbocycles. The summed E-state index contributed by atoms with van der Waals surface area (Å²) < 4.78 is 4.76. The van der Waals surface area contributed by atoms with Crippen molar-refractivity contribution in [2.75, 3.05) is 0 Å². The molecule has 0 spiro atoms. The summed E-state index contributed by atoms with van der Waals surface area (Å²) >= 11 is 0. The van der Waals surface area contributed by atoms with E-state index >= 15 is 0 Å². The van der Waals surface area contributed by atoms with E-state index in [1.807, 2.05) is 0 Å². The molecule has 4 nitrogen and oxygen atoms in total. The van der Waals surface area contributed by atoms with Crippen molar-refractivity contribution in [3.8, 4) is 11.4 Å². The van der Waals surface area contributed by atoms with E-state index in [0.29, 0.717) is 0 Å². The van der Waals surface area contributed by atoms with Crippen LogP contribution in [0.1, 0.15) is 22.9 Å². The normalized spacial score (nSPS) is 14.9. The highest BCUT2D eigenvalue weighted by atomic mass is 15.1. The Morgan fingerprint density at radius 3 is 2.08 bits per heavy atom. The van der Waals surface area contributed by atoms with E-state index < -0.39 is 0 Å². The highest BCUT2D eigenvalue weighted by Crippen LogP contribution is 2.43. The number of hydrogen-bond acceptors (Lipinski definition) is 2. The Morgan fingerprint density at radius 1 is 0.542 bits per heavy atom. The standard InChI is InChI=1S/C44H30N4/c1-4-12-29(13-5-1)37-28-38(46-44(45-37)31-14-6-2-7-15-31)32-17-10-20-35(26-32)48-39-21-11-16-30-22-23-33-27-40-36(43(48)42(33)41(30)39)24-25-47(40)34-18-8-3-9-19-34/h1-28,44-45H. The minimum absolute atomic E-state index is 0.194. The molecule has 1 aliphatic heterocycles. The number of aliphatic imine (C=N–C) groups is 1. The van der Waals surface area contributed by atoms with Gasteiger partial charge in [-0.1, -0.05) is 115 Å². The number of hydrogen-bond donors (Lipinski definition) is 1. The van der Waals surface area contributed by atoms with Crippen molar-refractivity contribution in [1.29, 1.82) is 0 Å². The first kappa shape index (κ1) is 26.8. The Labute approximate surface area is 277 Å². The molecule has 0 saturated heterocycles. The molecule has 4 heteroatoms. The number of rotatable bonds is 5. The lowest BCUT2D eigenvalue weighted by Gasteiger charge is -2.25. The molecule has 3 heterocycles. The van der Waals surface area contributed by atoms with Crippen molar-refractivity contribution in [1.82, 2.24) is 14.5 Å². The predicted molar refractivity (Wildman–Crippen MR) is 200 cm³/mol. The van der Waals surface area contributed by atoms with Crippen LogP contribution in [0.3, 0.4) is 0 Å². The van der Waals surface area contributed by atoms with Gasteiger partial charge >= 0.3 is 0 Å². The van der Waals surface area contributed by atoms with Crippen molar-refractivity contribution in [3.63, 3.8) is 0 Å². The van der Waals surface area contributed by atoms with Gasteiger partial charge in [0.1, 0.15) is 6.17 Å². The van der Waals surface area contributed by atoms with Crippen LogP contribution in [0.5, 0.6) is 0 Å². The SMILES string of the molecule is C1=C(c2ccccc2)NC(c2ccccc2)N=C1c1cccc(-n2c3cccc4ccc5cc6c(ccn6-c6ccccc6)c2c5c43)c1. The van der Waals surface area contributed by atoms with Crippen molar-refractivity contribution in [3.05, 3.63) is 187 Å². The second kappa shape index (κ2) is 10.6. The van der Waals surface area contributed by atoms with E-state index in [0.717, 1.165) is 39.5 Å². The van der Waals surface area contributed by atoms with Crippen LogP contribution in [0, 0.1) is 0 Å². The fraction of sp³-hybridized carbons (Fsp3) is 0.0227. The molecule has 1 N–H and O–H groups in total. The van der Waals surface area contributed by atoms with Crippen molar-refractivity contribution in [2.24, 2.45) is 4.99 Å². The van der Waals surface area contributed by atoms with Gasteiger partial charge in [-0.25, -0.2) is 0 Å². The van der Waals surface area contributed by atoms with Gasteiger partial charge in [-0.3, -0.25) is 4.99 Å². The van der Waals surface area contributed by atoms with E-state index in [2.05, 4.69) is 184 Å². The third-order valence-electron chi connectivity index (χ3n) is 9.71. The van der Waals surface area contributed by atoms with Crippen molar-refractivity contribution in [2.45, 2.75) is 6.17 Å². The summed E-state index contributed by atoms with van der Waals surface area (Å²) in [6, 6.07) is 56.3. The summed E-state index contributed by atoms with van der Waals surface area (Å²) in [4.78, 5) is 5.28. The van der Waals surface area contributed by atoms with Crippen molar-refractivity contribution < 1.29 is 0 Å². The van der Waals surface area contributed by atoms with Gasteiger partial charge < -0.3 is 14.5 Å². The number of allylic oxidation sites excluding steroid dienone is 1. The number of para-hydroxylation sites is 1. The van der Waals surface area contributed by atoms with Crippen LogP contribution in [-0.4, -0.2) is 14.8 Å². The second-order valence-electron chi connectivity index (χ2n) is 12.5. The highest BCUT2D eigenvalue weighted by molar-refractivity contribution is 6.30. The molecule has 10 rings (SSSR count). The van der Waals surface area contributed by atoms with Crippen LogP contribution in [0.4, 0.5) is 0 Å². The maximum Gasteiger partial charge on any atom is 0.145 e. The number of nitrogens with one attached hydrogen (secondary N) is 1. The molecular formula is C44H30N4. The number of nitrogens with zero attached hydrogens (tertiary/aromatic N) is 3. The van der Waals surface area contributed by atoms with Gasteiger partial charge in [0.05, 0.1) is 22.3 Å². The quantitative estimate of drug-likeness (QED) is 0.192. The summed E-state index contributed by atoms with van der Waals surface area (Å²) in [5.74, 6) is 0. The summed E-state index contributed by atoms with van der Waals surface area (Å²) in [6.07, 6.45) is 4.20. The Bertz CT molecular complexity index is 2680. The smallest absolute Gasteiger partial charge is 0.145 e. The van der Waals surface area contributed by atoms with Gasteiger partial charge in [0.2, 0.25) is 0 Å². The van der Waals surface area contributed by atoms with Gasteiger partial charge in [-0.05, 0) is 70.4 Å². The summed E-state index contributed by atoms with van der Waals surface area (Å²) in [5.41, 5.74) is 11.3. The van der Waals surface area contributed by atoms with E-state index in [9.17, 15) is 0 Å². The Balaban J connectivity index is 1.21. The van der Waals surface area contributed by atoms with E-state index in [1.54, 1.807) is 0 Å². The first-order valence-corrected chi connectivity index (χ1v) is 16.4.